The van der Waals surface area contributed by atoms with Crippen molar-refractivity contribution in [3.8, 4) is 0 Å². The zero-order chi connectivity index (χ0) is 18.3. The van der Waals surface area contributed by atoms with E-state index in [2.05, 4.69) is 13.8 Å². The van der Waals surface area contributed by atoms with Crippen molar-refractivity contribution in [2.24, 2.45) is 0 Å². The van der Waals surface area contributed by atoms with Crippen LogP contribution in [-0.4, -0.2) is 42.9 Å². The number of carbonyl (C=O) groups is 1. The summed E-state index contributed by atoms with van der Waals surface area (Å²) in [6.07, 6.45) is 7.42. The molecule has 0 aromatic carbocycles. The van der Waals surface area contributed by atoms with E-state index in [0.29, 0.717) is 6.10 Å². The molecule has 4 heteroatoms. The standard InChI is InChI=1S/C11H21NO3.C6H14.C2H6/c1-11(2,3)15-10(13)12-7-5-9(14-4)6-8-12;1-3-5-6-4-2;1-2/h9H,5-8H2,1-4H3;3-6H2,1-2H3;1-2H3. The molecule has 1 aliphatic heterocycles. The molecule has 0 unspecified atom stereocenters. The van der Waals surface area contributed by atoms with Crippen LogP contribution in [0.1, 0.15) is 87.0 Å². The highest BCUT2D eigenvalue weighted by Gasteiger charge is 2.26. The number of piperidine rings is 1. The van der Waals surface area contributed by atoms with Crippen LogP contribution in [0.15, 0.2) is 0 Å². The van der Waals surface area contributed by atoms with Gasteiger partial charge in [0, 0.05) is 20.2 Å². The van der Waals surface area contributed by atoms with Crippen LogP contribution < -0.4 is 0 Å². The van der Waals surface area contributed by atoms with Gasteiger partial charge < -0.3 is 14.4 Å². The van der Waals surface area contributed by atoms with Crippen LogP contribution in [0.5, 0.6) is 0 Å². The molecule has 1 aliphatic rings. The molecule has 0 N–H and O–H groups in total. The highest BCUT2D eigenvalue weighted by molar-refractivity contribution is 5.68. The molecule has 0 aromatic rings. The molecule has 0 saturated carbocycles. The number of ether oxygens (including phenoxy) is 2. The van der Waals surface area contributed by atoms with Gasteiger partial charge in [0.05, 0.1) is 6.10 Å². The smallest absolute Gasteiger partial charge is 0.410 e. The molecule has 23 heavy (non-hydrogen) atoms. The lowest BCUT2D eigenvalue weighted by Crippen LogP contribution is -2.43. The van der Waals surface area contributed by atoms with Gasteiger partial charge in [0.25, 0.3) is 0 Å². The van der Waals surface area contributed by atoms with E-state index in [4.69, 9.17) is 9.47 Å². The number of likely N-dealkylation sites (tertiary alicyclic amines) is 1. The minimum absolute atomic E-state index is 0.211. The van der Waals surface area contributed by atoms with Crippen molar-refractivity contribution in [2.75, 3.05) is 20.2 Å². The van der Waals surface area contributed by atoms with Gasteiger partial charge in [0.1, 0.15) is 5.60 Å². The van der Waals surface area contributed by atoms with Crippen molar-refractivity contribution in [1.82, 2.24) is 4.90 Å². The summed E-state index contributed by atoms with van der Waals surface area (Å²) in [5.41, 5.74) is -0.408. The van der Waals surface area contributed by atoms with E-state index in [1.165, 1.54) is 25.7 Å². The van der Waals surface area contributed by atoms with Crippen LogP contribution in [0.3, 0.4) is 0 Å². The van der Waals surface area contributed by atoms with Crippen LogP contribution in [-0.2, 0) is 9.47 Å². The first-order valence-electron chi connectivity index (χ1n) is 9.34. The third kappa shape index (κ3) is 14.5. The van der Waals surface area contributed by atoms with Gasteiger partial charge in [-0.2, -0.15) is 0 Å². The molecule has 1 saturated heterocycles. The van der Waals surface area contributed by atoms with E-state index in [1.54, 1.807) is 12.0 Å². The fourth-order valence-electron chi connectivity index (χ4n) is 2.10. The van der Waals surface area contributed by atoms with Crippen LogP contribution >= 0.6 is 0 Å². The topological polar surface area (TPSA) is 38.8 Å². The van der Waals surface area contributed by atoms with Gasteiger partial charge >= 0.3 is 6.09 Å². The molecule has 0 atom stereocenters. The summed E-state index contributed by atoms with van der Waals surface area (Å²) in [6, 6.07) is 0. The summed E-state index contributed by atoms with van der Waals surface area (Å²) >= 11 is 0. The van der Waals surface area contributed by atoms with E-state index in [0.717, 1.165) is 25.9 Å². The van der Waals surface area contributed by atoms with Gasteiger partial charge in [-0.25, -0.2) is 4.79 Å². The Hall–Kier alpha value is -0.770. The lowest BCUT2D eigenvalue weighted by molar-refractivity contribution is 0.00173. The zero-order valence-corrected chi connectivity index (χ0v) is 16.9. The summed E-state index contributed by atoms with van der Waals surface area (Å²) in [4.78, 5) is 13.4. The predicted molar refractivity (Wildman–Crippen MR) is 99.0 cm³/mol. The molecular weight excluding hydrogens is 290 g/mol. The Balaban J connectivity index is 0. The van der Waals surface area contributed by atoms with Crippen molar-refractivity contribution in [1.29, 1.82) is 0 Å². The van der Waals surface area contributed by atoms with E-state index in [9.17, 15) is 4.79 Å². The third-order valence-electron chi connectivity index (χ3n) is 3.38. The van der Waals surface area contributed by atoms with Gasteiger partial charge in [-0.3, -0.25) is 0 Å². The average Bonchev–Trinajstić information content (AvgIpc) is 2.54. The van der Waals surface area contributed by atoms with Gasteiger partial charge in [-0.1, -0.05) is 53.4 Å². The van der Waals surface area contributed by atoms with Gasteiger partial charge in [0.2, 0.25) is 0 Å². The Kier molecular flexibility index (Phi) is 15.8. The summed E-state index contributed by atoms with van der Waals surface area (Å²) in [5, 5.41) is 0. The monoisotopic (exact) mass is 331 g/mol. The number of methoxy groups -OCH3 is 1. The lowest BCUT2D eigenvalue weighted by atomic mass is 10.1. The first-order chi connectivity index (χ1) is 10.8. The minimum atomic E-state index is -0.408. The first kappa shape index (κ1) is 24.5. The third-order valence-corrected chi connectivity index (χ3v) is 3.38. The van der Waals surface area contributed by atoms with E-state index < -0.39 is 5.60 Å². The maximum atomic E-state index is 11.7. The number of rotatable bonds is 4. The predicted octanol–water partition coefficient (Wildman–Crippen LogP) is 5.65. The van der Waals surface area contributed by atoms with Crippen molar-refractivity contribution < 1.29 is 14.3 Å². The number of carbonyl (C=O) groups excluding carboxylic acids is 1. The summed E-state index contributed by atoms with van der Waals surface area (Å²) in [6.45, 7) is 15.6. The molecule has 0 aliphatic carbocycles. The van der Waals surface area contributed by atoms with Crippen molar-refractivity contribution in [3.63, 3.8) is 0 Å². The Morgan fingerprint density at radius 2 is 1.48 bits per heavy atom. The second-order valence-corrected chi connectivity index (χ2v) is 6.61. The molecule has 0 bridgehead atoms. The second kappa shape index (κ2) is 14.8. The summed E-state index contributed by atoms with van der Waals surface area (Å²) in [7, 11) is 1.72. The van der Waals surface area contributed by atoms with Crippen LogP contribution in [0, 0.1) is 0 Å². The number of unbranched alkanes of at least 4 members (excludes halogenated alkanes) is 3. The summed E-state index contributed by atoms with van der Waals surface area (Å²) < 4.78 is 10.5. The molecule has 1 fully saturated rings. The minimum Gasteiger partial charge on any atom is -0.444 e. The van der Waals surface area contributed by atoms with Gasteiger partial charge in [-0.15, -0.1) is 0 Å². The fraction of sp³-hybridized carbons (Fsp3) is 0.947. The molecule has 1 rings (SSSR count). The van der Waals surface area contributed by atoms with E-state index in [-0.39, 0.29) is 6.09 Å². The van der Waals surface area contributed by atoms with Crippen LogP contribution in [0.25, 0.3) is 0 Å². The summed E-state index contributed by atoms with van der Waals surface area (Å²) in [5.74, 6) is 0. The number of amides is 1. The van der Waals surface area contributed by atoms with Crippen LogP contribution in [0.2, 0.25) is 0 Å². The van der Waals surface area contributed by atoms with Crippen molar-refractivity contribution >= 4 is 6.09 Å². The number of hydrogen-bond acceptors (Lipinski definition) is 3. The maximum absolute atomic E-state index is 11.7. The molecule has 1 heterocycles. The van der Waals surface area contributed by atoms with Crippen molar-refractivity contribution in [3.05, 3.63) is 0 Å². The Labute approximate surface area is 144 Å². The second-order valence-electron chi connectivity index (χ2n) is 6.61. The van der Waals surface area contributed by atoms with E-state index >= 15 is 0 Å². The SMILES string of the molecule is CC.CCCCCC.COC1CCN(C(=O)OC(C)(C)C)CC1. The molecule has 0 spiro atoms. The fourth-order valence-corrected chi connectivity index (χ4v) is 2.10. The molecule has 0 radical (unpaired) electrons. The molecule has 4 nitrogen and oxygen atoms in total. The Bertz CT molecular complexity index is 262. The largest absolute Gasteiger partial charge is 0.444 e. The number of hydrogen-bond donors (Lipinski definition) is 0. The molecule has 1 amide bonds. The molecule has 140 valence electrons. The van der Waals surface area contributed by atoms with Gasteiger partial charge in [0.15, 0.2) is 0 Å². The normalized spacial score (nSPS) is 15.0. The quantitative estimate of drug-likeness (QED) is 0.625. The Morgan fingerprint density at radius 1 is 1.04 bits per heavy atom. The number of nitrogens with zero attached hydrogens (tertiary/aromatic N) is 1. The Morgan fingerprint density at radius 3 is 1.78 bits per heavy atom. The highest BCUT2D eigenvalue weighted by Crippen LogP contribution is 2.16. The van der Waals surface area contributed by atoms with Crippen molar-refractivity contribution in [2.45, 2.75) is 98.7 Å². The van der Waals surface area contributed by atoms with Gasteiger partial charge in [-0.05, 0) is 33.6 Å². The van der Waals surface area contributed by atoms with Crippen LogP contribution in [0.4, 0.5) is 4.79 Å². The zero-order valence-electron chi connectivity index (χ0n) is 16.9. The molecular formula is C19H41NO3. The average molecular weight is 332 g/mol. The molecule has 0 aromatic heterocycles. The van der Waals surface area contributed by atoms with E-state index in [1.807, 2.05) is 34.6 Å². The maximum Gasteiger partial charge on any atom is 0.410 e. The first-order valence-corrected chi connectivity index (χ1v) is 9.34. The lowest BCUT2D eigenvalue weighted by Gasteiger charge is -2.32. The highest BCUT2D eigenvalue weighted by atomic mass is 16.6.